The number of phenols is 1. The monoisotopic (exact) mass is 360 g/mol. The summed E-state index contributed by atoms with van der Waals surface area (Å²) in [4.78, 5) is 24.8. The van der Waals surface area contributed by atoms with Crippen molar-refractivity contribution in [2.75, 3.05) is 11.4 Å². The normalized spacial score (nSPS) is 13.3. The van der Waals surface area contributed by atoms with E-state index < -0.39 is 16.4 Å². The van der Waals surface area contributed by atoms with E-state index in [1.807, 2.05) is 42.5 Å². The molecule has 0 radical (unpaired) electrons. The van der Waals surface area contributed by atoms with Gasteiger partial charge in [-0.2, -0.15) is 0 Å². The van der Waals surface area contributed by atoms with Gasteiger partial charge in [0.15, 0.2) is 5.75 Å². The topological polar surface area (TPSA) is 83.7 Å². The lowest BCUT2D eigenvalue weighted by Crippen LogP contribution is -2.37. The highest BCUT2D eigenvalue weighted by Gasteiger charge is 2.27. The molecule has 134 valence electrons. The molecule has 0 unspecified atom stereocenters. The minimum absolute atomic E-state index is 0.198. The van der Waals surface area contributed by atoms with Gasteiger partial charge in [0.25, 0.3) is 5.91 Å². The van der Waals surface area contributed by atoms with Crippen molar-refractivity contribution in [1.82, 2.24) is 0 Å². The molecule has 1 N–H and O–H groups in total. The molecule has 6 heteroatoms. The van der Waals surface area contributed by atoms with Gasteiger partial charge in [-0.05, 0) is 41.3 Å². The number of carbonyl (C=O) groups excluding carboxylic acids is 1. The van der Waals surface area contributed by atoms with Crippen molar-refractivity contribution >= 4 is 17.3 Å². The summed E-state index contributed by atoms with van der Waals surface area (Å²) in [5, 5.41) is 20.7. The zero-order chi connectivity index (χ0) is 19.0. The largest absolute Gasteiger partial charge is 0.502 e. The van der Waals surface area contributed by atoms with E-state index in [0.29, 0.717) is 24.2 Å². The Morgan fingerprint density at radius 1 is 0.963 bits per heavy atom. The molecule has 1 aliphatic rings. The van der Waals surface area contributed by atoms with Crippen LogP contribution in [0.25, 0.3) is 11.1 Å². The van der Waals surface area contributed by atoms with Crippen LogP contribution in [0.3, 0.4) is 0 Å². The van der Waals surface area contributed by atoms with Crippen LogP contribution in [0.2, 0.25) is 0 Å². The Bertz CT molecular complexity index is 1050. The van der Waals surface area contributed by atoms with E-state index in [1.165, 1.54) is 23.1 Å². The fraction of sp³-hybridized carbons (Fsp3) is 0.0952. The van der Waals surface area contributed by atoms with Crippen molar-refractivity contribution in [3.8, 4) is 16.9 Å². The van der Waals surface area contributed by atoms with Crippen LogP contribution in [0.5, 0.6) is 5.75 Å². The number of fused-ring (bicyclic) bond motifs is 1. The second-order valence-electron chi connectivity index (χ2n) is 6.37. The number of anilines is 1. The maximum Gasteiger partial charge on any atom is 0.312 e. The average Bonchev–Trinajstić information content (AvgIpc) is 2.69. The van der Waals surface area contributed by atoms with Gasteiger partial charge in [0.05, 0.1) is 10.6 Å². The minimum Gasteiger partial charge on any atom is -0.502 e. The Morgan fingerprint density at radius 2 is 1.74 bits per heavy atom. The Labute approximate surface area is 155 Å². The van der Waals surface area contributed by atoms with Crippen molar-refractivity contribution in [3.05, 3.63) is 88.0 Å². The first-order chi connectivity index (χ1) is 13.0. The number of aromatic hydroxyl groups is 1. The molecule has 6 nitrogen and oxygen atoms in total. The molecule has 0 atom stereocenters. The molecule has 27 heavy (non-hydrogen) atoms. The number of rotatable bonds is 3. The van der Waals surface area contributed by atoms with Crippen LogP contribution in [0, 0.1) is 10.1 Å². The lowest BCUT2D eigenvalue weighted by atomic mass is 9.94. The van der Waals surface area contributed by atoms with E-state index in [-0.39, 0.29) is 5.91 Å². The first kappa shape index (κ1) is 16.8. The van der Waals surface area contributed by atoms with Gasteiger partial charge in [-0.25, -0.2) is 0 Å². The average molecular weight is 360 g/mol. The van der Waals surface area contributed by atoms with Gasteiger partial charge in [0.1, 0.15) is 0 Å². The van der Waals surface area contributed by atoms with Gasteiger partial charge in [0.2, 0.25) is 0 Å². The highest BCUT2D eigenvalue weighted by atomic mass is 16.6. The molecule has 0 spiro atoms. The van der Waals surface area contributed by atoms with Gasteiger partial charge < -0.3 is 10.0 Å². The quantitative estimate of drug-likeness (QED) is 0.561. The van der Waals surface area contributed by atoms with E-state index in [4.69, 9.17) is 0 Å². The van der Waals surface area contributed by atoms with Crippen LogP contribution in [0.1, 0.15) is 15.9 Å². The highest BCUT2D eigenvalue weighted by Crippen LogP contribution is 2.33. The molecule has 0 aliphatic carbocycles. The van der Waals surface area contributed by atoms with Crippen molar-refractivity contribution in [3.63, 3.8) is 0 Å². The number of nitro groups is 1. The number of carbonyl (C=O) groups is 1. The Morgan fingerprint density at radius 3 is 2.48 bits per heavy atom. The molecule has 4 rings (SSSR count). The Balaban J connectivity index is 1.68. The van der Waals surface area contributed by atoms with Crippen LogP contribution < -0.4 is 4.90 Å². The van der Waals surface area contributed by atoms with Gasteiger partial charge in [0, 0.05) is 18.2 Å². The number of amides is 1. The molecule has 0 saturated carbocycles. The number of phenolic OH excluding ortho intramolecular Hbond substituents is 1. The third-order valence-corrected chi connectivity index (χ3v) is 4.76. The number of nitrogens with zero attached hydrogens (tertiary/aromatic N) is 2. The molecule has 0 fully saturated rings. The number of nitro benzene ring substituents is 1. The van der Waals surface area contributed by atoms with E-state index in [2.05, 4.69) is 0 Å². The lowest BCUT2D eigenvalue weighted by Gasteiger charge is -2.29. The van der Waals surface area contributed by atoms with Crippen LogP contribution in [-0.2, 0) is 6.42 Å². The summed E-state index contributed by atoms with van der Waals surface area (Å²) in [6.07, 6.45) is 0.649. The van der Waals surface area contributed by atoms with Crippen LogP contribution >= 0.6 is 0 Å². The maximum absolute atomic E-state index is 12.9. The lowest BCUT2D eigenvalue weighted by molar-refractivity contribution is -0.385. The number of benzene rings is 3. The molecule has 1 amide bonds. The Hall–Kier alpha value is -3.67. The molecule has 0 aromatic heterocycles. The third kappa shape index (κ3) is 3.01. The smallest absolute Gasteiger partial charge is 0.312 e. The number of hydrogen-bond acceptors (Lipinski definition) is 4. The molecule has 3 aromatic rings. The standard InChI is InChI=1S/C21H16N2O4/c24-20-9-7-17(13-19(20)23(26)27)22-11-10-16-12-15(6-8-18(16)21(22)25)14-4-2-1-3-5-14/h1-9,12-13,24H,10-11H2. The molecule has 0 saturated heterocycles. The second kappa shape index (κ2) is 6.57. The maximum atomic E-state index is 12.9. The summed E-state index contributed by atoms with van der Waals surface area (Å²) in [5.74, 6) is -0.614. The van der Waals surface area contributed by atoms with Gasteiger partial charge in [-0.1, -0.05) is 42.5 Å². The predicted octanol–water partition coefficient (Wildman–Crippen LogP) is 4.17. The summed E-state index contributed by atoms with van der Waals surface area (Å²) in [5.41, 5.74) is 3.69. The number of hydrogen-bond donors (Lipinski definition) is 1. The SMILES string of the molecule is O=C1c2ccc(-c3ccccc3)cc2CCN1c1ccc(O)c([N+](=O)[O-])c1. The second-order valence-corrected chi connectivity index (χ2v) is 6.37. The van der Waals surface area contributed by atoms with Gasteiger partial charge in [-0.3, -0.25) is 14.9 Å². The summed E-state index contributed by atoms with van der Waals surface area (Å²) >= 11 is 0. The van der Waals surface area contributed by atoms with Crippen molar-refractivity contribution in [1.29, 1.82) is 0 Å². The van der Waals surface area contributed by atoms with E-state index in [0.717, 1.165) is 16.7 Å². The van der Waals surface area contributed by atoms with Crippen LogP contribution in [0.4, 0.5) is 11.4 Å². The highest BCUT2D eigenvalue weighted by molar-refractivity contribution is 6.08. The Kier molecular flexibility index (Phi) is 4.08. The third-order valence-electron chi connectivity index (χ3n) is 4.76. The van der Waals surface area contributed by atoms with Crippen molar-refractivity contribution < 1.29 is 14.8 Å². The van der Waals surface area contributed by atoms with Crippen LogP contribution in [-0.4, -0.2) is 22.5 Å². The first-order valence-corrected chi connectivity index (χ1v) is 8.52. The van der Waals surface area contributed by atoms with E-state index in [1.54, 1.807) is 6.07 Å². The fourth-order valence-electron chi connectivity index (χ4n) is 3.37. The van der Waals surface area contributed by atoms with Crippen molar-refractivity contribution in [2.45, 2.75) is 6.42 Å². The first-order valence-electron chi connectivity index (χ1n) is 8.52. The van der Waals surface area contributed by atoms with Gasteiger partial charge >= 0.3 is 5.69 Å². The zero-order valence-electron chi connectivity index (χ0n) is 14.3. The van der Waals surface area contributed by atoms with E-state index >= 15 is 0 Å². The molecule has 1 aliphatic heterocycles. The fourth-order valence-corrected chi connectivity index (χ4v) is 3.37. The summed E-state index contributed by atoms with van der Waals surface area (Å²) in [6.45, 7) is 0.423. The molecule has 0 bridgehead atoms. The minimum atomic E-state index is -0.659. The zero-order valence-corrected chi connectivity index (χ0v) is 14.3. The molecular formula is C21H16N2O4. The van der Waals surface area contributed by atoms with Gasteiger partial charge in [-0.15, -0.1) is 0 Å². The van der Waals surface area contributed by atoms with Crippen molar-refractivity contribution in [2.24, 2.45) is 0 Å². The summed E-state index contributed by atoms with van der Waals surface area (Å²) in [7, 11) is 0. The van der Waals surface area contributed by atoms with E-state index in [9.17, 15) is 20.0 Å². The summed E-state index contributed by atoms with van der Waals surface area (Å²) < 4.78 is 0. The molecule has 3 aromatic carbocycles. The molecular weight excluding hydrogens is 344 g/mol. The van der Waals surface area contributed by atoms with Crippen LogP contribution in [0.15, 0.2) is 66.7 Å². The summed E-state index contributed by atoms with van der Waals surface area (Å²) in [6, 6.07) is 19.7. The predicted molar refractivity (Wildman–Crippen MR) is 102 cm³/mol. The molecule has 1 heterocycles.